The van der Waals surface area contributed by atoms with Gasteiger partial charge in [0, 0.05) is 0 Å². The summed E-state index contributed by atoms with van der Waals surface area (Å²) in [5.74, 6) is -0.139. The summed E-state index contributed by atoms with van der Waals surface area (Å²) in [4.78, 5) is 22.2. The molecule has 13 heteroatoms. The Bertz CT molecular complexity index is 990. The van der Waals surface area contributed by atoms with Gasteiger partial charge in [0.1, 0.15) is 12.2 Å². The highest BCUT2D eigenvalue weighted by Gasteiger charge is 2.61. The number of aromatic nitrogens is 4. The smallest absolute Gasteiger partial charge is 0.369 e. The number of nitrogens with zero attached hydrogens (tertiary/aromatic N) is 3. The molecule has 0 saturated carbocycles. The lowest BCUT2D eigenvalue weighted by atomic mass is 9.98. The third-order valence-electron chi connectivity index (χ3n) is 4.36. The number of imidazole rings is 1. The summed E-state index contributed by atoms with van der Waals surface area (Å²) in [7, 11) is -3.92. The zero-order valence-electron chi connectivity index (χ0n) is 14.8. The standard InChI is InChI=1S/C14H19FN5O6P/c1-6(2)25-27(22)23-4-7-9(26-27)14(3,15)12(24-7)20-5-17-8-10(20)18-13(16)19-11(8)21/h5-7,9,12H,4H2,1-3H3,(H3,16,18,19,21)/t7?,9-,12?,14-,27?/m0/s1. The zero-order chi connectivity index (χ0) is 19.6. The summed E-state index contributed by atoms with van der Waals surface area (Å²) in [5.41, 5.74) is 2.93. The minimum atomic E-state index is -3.92. The van der Waals surface area contributed by atoms with E-state index in [2.05, 4.69) is 15.0 Å². The van der Waals surface area contributed by atoms with Crippen molar-refractivity contribution in [2.24, 2.45) is 0 Å². The number of fused-ring (bicyclic) bond motifs is 2. The van der Waals surface area contributed by atoms with Crippen molar-refractivity contribution in [2.45, 2.75) is 51.0 Å². The molecule has 3 unspecified atom stereocenters. The van der Waals surface area contributed by atoms with E-state index >= 15 is 4.39 Å². The van der Waals surface area contributed by atoms with Gasteiger partial charge in [-0.25, -0.2) is 13.9 Å². The molecule has 5 atom stereocenters. The number of hydrogen-bond acceptors (Lipinski definition) is 9. The Kier molecular flexibility index (Phi) is 4.17. The molecule has 2 aromatic heterocycles. The van der Waals surface area contributed by atoms with Gasteiger partial charge in [-0.1, -0.05) is 0 Å². The number of anilines is 1. The summed E-state index contributed by atoms with van der Waals surface area (Å²) in [5, 5.41) is 0. The predicted octanol–water partition coefficient (Wildman–Crippen LogP) is 1.28. The highest BCUT2D eigenvalue weighted by atomic mass is 31.2. The third-order valence-corrected chi connectivity index (χ3v) is 5.99. The van der Waals surface area contributed by atoms with Crippen molar-refractivity contribution in [2.75, 3.05) is 12.3 Å². The molecule has 148 valence electrons. The van der Waals surface area contributed by atoms with Crippen LogP contribution in [-0.2, 0) is 22.9 Å². The SMILES string of the molecule is CC(C)OP1(=O)OCC2OC(n3cnc4c(=O)[nH]c(N)nc43)[C@@](C)(F)[C@H]2O1. The number of alkyl halides is 1. The Morgan fingerprint density at radius 2 is 2.30 bits per heavy atom. The lowest BCUT2D eigenvalue weighted by molar-refractivity contribution is -0.0733. The van der Waals surface area contributed by atoms with Gasteiger partial charge >= 0.3 is 7.82 Å². The molecule has 2 aliphatic rings. The number of phosphoric acid groups is 1. The van der Waals surface area contributed by atoms with Crippen molar-refractivity contribution in [1.29, 1.82) is 0 Å². The highest BCUT2D eigenvalue weighted by molar-refractivity contribution is 7.48. The van der Waals surface area contributed by atoms with Gasteiger partial charge in [-0.2, -0.15) is 4.98 Å². The van der Waals surface area contributed by atoms with Crippen molar-refractivity contribution < 1.29 is 27.3 Å². The van der Waals surface area contributed by atoms with E-state index in [0.717, 1.165) is 0 Å². The number of nitrogens with two attached hydrogens (primary N) is 1. The first-order valence-corrected chi connectivity index (χ1v) is 9.75. The van der Waals surface area contributed by atoms with E-state index < -0.39 is 43.6 Å². The molecule has 4 heterocycles. The Hall–Kier alpha value is -1.85. The summed E-state index contributed by atoms with van der Waals surface area (Å²) in [6.45, 7) is 4.39. The molecular formula is C14H19FN5O6P. The van der Waals surface area contributed by atoms with Crippen LogP contribution in [0.25, 0.3) is 11.2 Å². The van der Waals surface area contributed by atoms with Crippen molar-refractivity contribution >= 4 is 24.9 Å². The van der Waals surface area contributed by atoms with E-state index in [0.29, 0.717) is 0 Å². The fourth-order valence-electron chi connectivity index (χ4n) is 3.27. The van der Waals surface area contributed by atoms with Crippen molar-refractivity contribution in [3.05, 3.63) is 16.7 Å². The van der Waals surface area contributed by atoms with E-state index in [9.17, 15) is 9.36 Å². The number of hydrogen-bond donors (Lipinski definition) is 2. The van der Waals surface area contributed by atoms with Gasteiger partial charge in [-0.05, 0) is 20.8 Å². The number of nitrogen functional groups attached to an aromatic ring is 1. The minimum Gasteiger partial charge on any atom is -0.369 e. The number of H-pyrrole nitrogens is 1. The van der Waals surface area contributed by atoms with Gasteiger partial charge in [-0.15, -0.1) is 0 Å². The van der Waals surface area contributed by atoms with E-state index in [1.165, 1.54) is 17.8 Å². The van der Waals surface area contributed by atoms with Gasteiger partial charge < -0.3 is 10.5 Å². The molecule has 0 radical (unpaired) electrons. The largest absolute Gasteiger partial charge is 0.475 e. The van der Waals surface area contributed by atoms with Crippen molar-refractivity contribution in [3.8, 4) is 0 Å². The first-order chi connectivity index (χ1) is 12.6. The number of aromatic amines is 1. The van der Waals surface area contributed by atoms with E-state index in [4.69, 9.17) is 24.0 Å². The van der Waals surface area contributed by atoms with Crippen molar-refractivity contribution in [1.82, 2.24) is 19.5 Å². The minimum absolute atomic E-state index is 0.00977. The maximum atomic E-state index is 15.7. The molecule has 0 amide bonds. The average molecular weight is 403 g/mol. The molecular weight excluding hydrogens is 384 g/mol. The molecule has 4 rings (SSSR count). The summed E-state index contributed by atoms with van der Waals surface area (Å²) in [6.07, 6.45) is -2.50. The molecule has 0 aliphatic carbocycles. The number of ether oxygens (including phenoxy) is 1. The fourth-order valence-corrected chi connectivity index (χ4v) is 4.91. The first-order valence-electron chi connectivity index (χ1n) is 8.29. The van der Waals surface area contributed by atoms with Crippen LogP contribution in [0.5, 0.6) is 0 Å². The lowest BCUT2D eigenvalue weighted by Gasteiger charge is -2.34. The van der Waals surface area contributed by atoms with Crippen LogP contribution in [-0.4, -0.2) is 50.1 Å². The Morgan fingerprint density at radius 3 is 3.00 bits per heavy atom. The molecule has 2 aliphatic heterocycles. The molecule has 27 heavy (non-hydrogen) atoms. The van der Waals surface area contributed by atoms with Crippen LogP contribution < -0.4 is 11.3 Å². The van der Waals surface area contributed by atoms with Gasteiger partial charge in [-0.3, -0.25) is 27.9 Å². The van der Waals surface area contributed by atoms with Crippen LogP contribution in [0, 0.1) is 0 Å². The van der Waals surface area contributed by atoms with Gasteiger partial charge in [0.05, 0.1) is 19.0 Å². The van der Waals surface area contributed by atoms with E-state index in [-0.39, 0.29) is 23.7 Å². The Labute approximate surface area is 152 Å². The van der Waals surface area contributed by atoms with E-state index in [1.54, 1.807) is 13.8 Å². The molecule has 0 bridgehead atoms. The van der Waals surface area contributed by atoms with Gasteiger partial charge in [0.2, 0.25) is 5.95 Å². The number of phosphoric ester groups is 1. The number of rotatable bonds is 3. The maximum Gasteiger partial charge on any atom is 0.475 e. The van der Waals surface area contributed by atoms with Crippen LogP contribution in [0.3, 0.4) is 0 Å². The van der Waals surface area contributed by atoms with Crippen LogP contribution in [0.2, 0.25) is 0 Å². The number of nitrogens with one attached hydrogen (secondary N) is 1. The van der Waals surface area contributed by atoms with Crippen LogP contribution >= 0.6 is 7.82 Å². The topological polar surface area (TPSA) is 144 Å². The molecule has 0 aromatic carbocycles. The first kappa shape index (κ1) is 18.5. The molecule has 11 nitrogen and oxygen atoms in total. The van der Waals surface area contributed by atoms with E-state index in [1.807, 2.05) is 0 Å². The monoisotopic (exact) mass is 403 g/mol. The van der Waals surface area contributed by atoms with Crippen LogP contribution in [0.1, 0.15) is 27.0 Å². The predicted molar refractivity (Wildman–Crippen MR) is 90.6 cm³/mol. The third kappa shape index (κ3) is 2.97. The molecule has 2 aromatic rings. The molecule has 2 saturated heterocycles. The molecule has 2 fully saturated rings. The maximum absolute atomic E-state index is 15.7. The normalized spacial score (nSPS) is 36.4. The molecule has 0 spiro atoms. The van der Waals surface area contributed by atoms with Crippen LogP contribution in [0.15, 0.2) is 11.1 Å². The quantitative estimate of drug-likeness (QED) is 0.724. The summed E-state index contributed by atoms with van der Waals surface area (Å²) >= 11 is 0. The van der Waals surface area contributed by atoms with Crippen LogP contribution in [0.4, 0.5) is 10.3 Å². The van der Waals surface area contributed by atoms with Gasteiger partial charge in [0.25, 0.3) is 5.56 Å². The molecule has 3 N–H and O–H groups in total. The lowest BCUT2D eigenvalue weighted by Crippen LogP contribution is -2.45. The zero-order valence-corrected chi connectivity index (χ0v) is 15.7. The number of halogens is 1. The second-order valence-electron chi connectivity index (χ2n) is 6.88. The van der Waals surface area contributed by atoms with Crippen molar-refractivity contribution in [3.63, 3.8) is 0 Å². The Balaban J connectivity index is 1.71. The second-order valence-corrected chi connectivity index (χ2v) is 8.45. The summed E-state index contributed by atoms with van der Waals surface area (Å²) in [6, 6.07) is 0. The Morgan fingerprint density at radius 1 is 1.56 bits per heavy atom. The fraction of sp³-hybridized carbons (Fsp3) is 0.643. The summed E-state index contributed by atoms with van der Waals surface area (Å²) < 4.78 is 51.1. The van der Waals surface area contributed by atoms with Gasteiger partial charge in [0.15, 0.2) is 23.1 Å². The average Bonchev–Trinajstić information content (AvgIpc) is 3.05. The second kappa shape index (κ2) is 6.08. The highest BCUT2D eigenvalue weighted by Crippen LogP contribution is 2.60.